The second-order valence-electron chi connectivity index (χ2n) is 7.82. The van der Waals surface area contributed by atoms with Crippen LogP contribution in [0.3, 0.4) is 0 Å². The number of nitrogens with zero attached hydrogens (tertiary/aromatic N) is 3. The number of benzene rings is 1. The summed E-state index contributed by atoms with van der Waals surface area (Å²) in [4.78, 5) is 21.4. The summed E-state index contributed by atoms with van der Waals surface area (Å²) in [6.07, 6.45) is 8.30. The number of carbonyl (C=O) groups excluding carboxylic acids is 1. The topological polar surface area (TPSA) is 48.5 Å². The zero-order chi connectivity index (χ0) is 18.6. The second kappa shape index (κ2) is 10.8. The van der Waals surface area contributed by atoms with E-state index in [9.17, 15) is 4.79 Å². The molecule has 0 spiro atoms. The third-order valence-electron chi connectivity index (χ3n) is 5.93. The molecule has 158 valence electrons. The van der Waals surface area contributed by atoms with Crippen molar-refractivity contribution < 1.29 is 4.79 Å². The van der Waals surface area contributed by atoms with Gasteiger partial charge in [0.1, 0.15) is 0 Å². The van der Waals surface area contributed by atoms with Gasteiger partial charge in [-0.05, 0) is 49.4 Å². The fraction of sp³-hybridized carbons (Fsp3) is 0.455. The summed E-state index contributed by atoms with van der Waals surface area (Å²) in [5.41, 5.74) is 2.17. The number of likely N-dealkylation sites (N-methyl/N-ethyl adjacent to an activating group) is 1. The van der Waals surface area contributed by atoms with E-state index < -0.39 is 0 Å². The van der Waals surface area contributed by atoms with Crippen LogP contribution in [0.2, 0.25) is 0 Å². The molecule has 2 aromatic rings. The highest BCUT2D eigenvalue weighted by atomic mass is 35.5. The molecule has 1 aromatic heterocycles. The van der Waals surface area contributed by atoms with E-state index in [1.165, 1.54) is 12.8 Å². The van der Waals surface area contributed by atoms with Gasteiger partial charge >= 0.3 is 0 Å². The van der Waals surface area contributed by atoms with Crippen molar-refractivity contribution >= 4 is 36.4 Å². The van der Waals surface area contributed by atoms with Gasteiger partial charge in [0.05, 0.1) is 6.54 Å². The number of anilines is 1. The summed E-state index contributed by atoms with van der Waals surface area (Å²) in [5, 5.41) is 3.66. The zero-order valence-electron chi connectivity index (χ0n) is 16.7. The lowest BCUT2D eigenvalue weighted by atomic mass is 9.98. The van der Waals surface area contributed by atoms with Gasteiger partial charge in [0, 0.05) is 49.8 Å². The number of piperidine rings is 1. The molecule has 29 heavy (non-hydrogen) atoms. The second-order valence-corrected chi connectivity index (χ2v) is 7.82. The van der Waals surface area contributed by atoms with E-state index in [0.717, 1.165) is 24.1 Å². The number of pyridine rings is 1. The number of carbonyl (C=O) groups is 1. The van der Waals surface area contributed by atoms with Crippen LogP contribution < -0.4 is 10.2 Å². The maximum Gasteiger partial charge on any atom is 0.242 e. The van der Waals surface area contributed by atoms with E-state index in [1.807, 2.05) is 42.4 Å². The van der Waals surface area contributed by atoms with Gasteiger partial charge in [-0.3, -0.25) is 9.78 Å². The molecule has 5 nitrogen and oxygen atoms in total. The minimum Gasteiger partial charge on any atom is -0.358 e. The number of hydrogen-bond acceptors (Lipinski definition) is 4. The number of amides is 1. The monoisotopic (exact) mass is 436 g/mol. The highest BCUT2D eigenvalue weighted by Crippen LogP contribution is 2.29. The maximum atomic E-state index is 13.1. The van der Waals surface area contributed by atoms with Crippen molar-refractivity contribution in [3.63, 3.8) is 0 Å². The SMILES string of the molecule is CN(C(=O)CN(Cc1cccnc1)c1ccccc1)C1CC2CCC(C1)N2.Cl.Cl. The average molecular weight is 437 g/mol. The summed E-state index contributed by atoms with van der Waals surface area (Å²) < 4.78 is 0. The van der Waals surface area contributed by atoms with Crippen LogP contribution in [0.25, 0.3) is 0 Å². The van der Waals surface area contributed by atoms with Crippen molar-refractivity contribution in [3.05, 3.63) is 60.4 Å². The molecular weight excluding hydrogens is 407 g/mol. The molecule has 2 unspecified atom stereocenters. The smallest absolute Gasteiger partial charge is 0.242 e. The number of rotatable bonds is 6. The van der Waals surface area contributed by atoms with Crippen LogP contribution in [0.1, 0.15) is 31.2 Å². The summed E-state index contributed by atoms with van der Waals surface area (Å²) in [5.74, 6) is 0.189. The first kappa shape index (κ1) is 23.5. The third-order valence-corrected chi connectivity index (χ3v) is 5.93. The fourth-order valence-electron chi connectivity index (χ4n) is 4.41. The van der Waals surface area contributed by atoms with Crippen LogP contribution >= 0.6 is 24.8 Å². The van der Waals surface area contributed by atoms with Crippen LogP contribution in [0, 0.1) is 0 Å². The van der Waals surface area contributed by atoms with E-state index in [2.05, 4.69) is 33.4 Å². The third kappa shape index (κ3) is 5.84. The Hall–Kier alpha value is -1.82. The minimum atomic E-state index is 0. The number of fused-ring (bicyclic) bond motifs is 2. The van der Waals surface area contributed by atoms with E-state index in [0.29, 0.717) is 31.2 Å². The van der Waals surface area contributed by atoms with Crippen LogP contribution in [0.4, 0.5) is 5.69 Å². The normalized spacial score (nSPS) is 22.2. The molecule has 7 heteroatoms. The van der Waals surface area contributed by atoms with Gasteiger partial charge in [0.25, 0.3) is 0 Å². The molecule has 1 N–H and O–H groups in total. The Balaban J connectivity index is 0.00000150. The van der Waals surface area contributed by atoms with Crippen LogP contribution in [0.15, 0.2) is 54.9 Å². The van der Waals surface area contributed by atoms with Crippen LogP contribution in [-0.4, -0.2) is 47.5 Å². The Morgan fingerprint density at radius 1 is 1.07 bits per heavy atom. The first-order valence-corrected chi connectivity index (χ1v) is 9.89. The lowest BCUT2D eigenvalue weighted by Crippen LogP contribution is -2.50. The van der Waals surface area contributed by atoms with Crippen molar-refractivity contribution in [2.45, 2.75) is 50.4 Å². The first-order chi connectivity index (χ1) is 13.2. The first-order valence-electron chi connectivity index (χ1n) is 9.89. The zero-order valence-corrected chi connectivity index (χ0v) is 18.4. The summed E-state index contributed by atoms with van der Waals surface area (Å²) in [7, 11) is 1.98. The van der Waals surface area contributed by atoms with Crippen molar-refractivity contribution in [2.75, 3.05) is 18.5 Å². The van der Waals surface area contributed by atoms with Crippen molar-refractivity contribution in [2.24, 2.45) is 0 Å². The number of hydrogen-bond donors (Lipinski definition) is 1. The standard InChI is InChI=1S/C22H28N4O.2ClH/c1-25(21-12-18-9-10-19(13-21)24-18)22(27)16-26(20-7-3-2-4-8-20)15-17-6-5-11-23-14-17;;/h2-8,11,14,18-19,21,24H,9-10,12-13,15-16H2,1H3;2*1H. The summed E-state index contributed by atoms with van der Waals surface area (Å²) in [6.45, 7) is 1.06. The number of halogens is 2. The Morgan fingerprint density at radius 2 is 1.76 bits per heavy atom. The molecule has 0 radical (unpaired) electrons. The van der Waals surface area contributed by atoms with Crippen LogP contribution in [0.5, 0.6) is 0 Å². The molecule has 2 atom stereocenters. The van der Waals surface area contributed by atoms with Gasteiger partial charge in [0.2, 0.25) is 5.91 Å². The van der Waals surface area contributed by atoms with E-state index in [1.54, 1.807) is 6.20 Å². The largest absolute Gasteiger partial charge is 0.358 e. The average Bonchev–Trinajstić information content (AvgIpc) is 3.06. The molecule has 2 fully saturated rings. The van der Waals surface area contributed by atoms with Gasteiger partial charge in [-0.15, -0.1) is 24.8 Å². The highest BCUT2D eigenvalue weighted by Gasteiger charge is 2.36. The molecule has 1 aromatic carbocycles. The highest BCUT2D eigenvalue weighted by molar-refractivity contribution is 5.85. The Kier molecular flexibility index (Phi) is 8.75. The maximum absolute atomic E-state index is 13.1. The van der Waals surface area contributed by atoms with Crippen LogP contribution in [-0.2, 0) is 11.3 Å². The van der Waals surface area contributed by atoms with Gasteiger partial charge in [-0.25, -0.2) is 0 Å². The number of para-hydroxylation sites is 1. The molecule has 2 bridgehead atoms. The predicted molar refractivity (Wildman–Crippen MR) is 122 cm³/mol. The summed E-state index contributed by atoms with van der Waals surface area (Å²) >= 11 is 0. The molecule has 3 heterocycles. The molecular formula is C22H30Cl2N4O. The Bertz CT molecular complexity index is 750. The van der Waals surface area contributed by atoms with Gasteiger partial charge in [-0.1, -0.05) is 24.3 Å². The van der Waals surface area contributed by atoms with Crippen molar-refractivity contribution in [1.82, 2.24) is 15.2 Å². The number of nitrogens with one attached hydrogen (secondary N) is 1. The van der Waals surface area contributed by atoms with Crippen molar-refractivity contribution in [3.8, 4) is 0 Å². The van der Waals surface area contributed by atoms with E-state index >= 15 is 0 Å². The van der Waals surface area contributed by atoms with Crippen molar-refractivity contribution in [1.29, 1.82) is 0 Å². The molecule has 0 saturated carbocycles. The Morgan fingerprint density at radius 3 is 2.38 bits per heavy atom. The molecule has 2 aliphatic heterocycles. The fourth-order valence-corrected chi connectivity index (χ4v) is 4.41. The molecule has 4 rings (SSSR count). The Labute approximate surface area is 185 Å². The quantitative estimate of drug-likeness (QED) is 0.749. The van der Waals surface area contributed by atoms with Gasteiger partial charge < -0.3 is 15.1 Å². The van der Waals surface area contributed by atoms with Gasteiger partial charge in [-0.2, -0.15) is 0 Å². The molecule has 2 aliphatic rings. The van der Waals surface area contributed by atoms with E-state index in [4.69, 9.17) is 0 Å². The molecule has 1 amide bonds. The lowest BCUT2D eigenvalue weighted by molar-refractivity contribution is -0.131. The number of aromatic nitrogens is 1. The molecule has 0 aliphatic carbocycles. The predicted octanol–water partition coefficient (Wildman–Crippen LogP) is 3.67. The summed E-state index contributed by atoms with van der Waals surface area (Å²) in [6, 6.07) is 15.7. The van der Waals surface area contributed by atoms with E-state index in [-0.39, 0.29) is 30.7 Å². The minimum absolute atomic E-state index is 0. The lowest BCUT2D eigenvalue weighted by Gasteiger charge is -2.37. The molecule has 2 saturated heterocycles. The van der Waals surface area contributed by atoms with Gasteiger partial charge in [0.15, 0.2) is 0 Å².